The van der Waals surface area contributed by atoms with Crippen molar-refractivity contribution >= 4 is 50.4 Å². The summed E-state index contributed by atoms with van der Waals surface area (Å²) in [6.07, 6.45) is 0.482. The molecule has 3 aromatic rings. The Labute approximate surface area is 232 Å². The van der Waals surface area contributed by atoms with Gasteiger partial charge in [0.2, 0.25) is 17.8 Å². The first-order valence-electron chi connectivity index (χ1n) is 11.4. The molecule has 12 heteroatoms. The topological polar surface area (TPSA) is 103 Å². The molecule has 2 heterocycles. The predicted molar refractivity (Wildman–Crippen MR) is 138 cm³/mol. The van der Waals surface area contributed by atoms with Crippen LogP contribution in [0.15, 0.2) is 52.4 Å². The summed E-state index contributed by atoms with van der Waals surface area (Å²) in [4.78, 5) is 39.2. The summed E-state index contributed by atoms with van der Waals surface area (Å²) in [6.45, 7) is 4.39. The highest BCUT2D eigenvalue weighted by molar-refractivity contribution is 9.10. The molecular weight excluding hydrogens is 586 g/mol. The molecule has 9 nitrogen and oxygen atoms in total. The van der Waals surface area contributed by atoms with Gasteiger partial charge in [-0.25, -0.2) is 4.79 Å². The molecule has 1 aliphatic rings. The molecule has 0 saturated carbocycles. The molecule has 4 rings (SSSR count). The number of thiazole rings is 1. The summed E-state index contributed by atoms with van der Waals surface area (Å²) < 4.78 is 13.5. The Morgan fingerprint density at radius 1 is 1.16 bits per heavy atom. The summed E-state index contributed by atoms with van der Waals surface area (Å²) in [7, 11) is 0. The number of ether oxygens (including phenoxy) is 2. The van der Waals surface area contributed by atoms with E-state index in [0.29, 0.717) is 44.0 Å². The van der Waals surface area contributed by atoms with Gasteiger partial charge in [0.05, 0.1) is 35.2 Å². The first-order chi connectivity index (χ1) is 17.3. The van der Waals surface area contributed by atoms with Crippen LogP contribution < -0.4 is 21.9 Å². The van der Waals surface area contributed by atoms with E-state index in [1.165, 1.54) is 17.4 Å². The predicted octanol–water partition coefficient (Wildman–Crippen LogP) is 1.14. The van der Waals surface area contributed by atoms with E-state index in [-0.39, 0.29) is 42.6 Å². The maximum absolute atomic E-state index is 12.6. The summed E-state index contributed by atoms with van der Waals surface area (Å²) in [6, 6.07) is 11.7. The zero-order valence-electron chi connectivity index (χ0n) is 20.0. The first kappa shape index (κ1) is 28.7. The highest BCUT2D eigenvalue weighted by atomic mass is 79.9. The van der Waals surface area contributed by atoms with Gasteiger partial charge in [0.25, 0.3) is 5.69 Å². The van der Waals surface area contributed by atoms with Crippen LogP contribution in [0.2, 0.25) is 0 Å². The number of carbonyl (C=O) groups is 2. The van der Waals surface area contributed by atoms with Gasteiger partial charge < -0.3 is 26.8 Å². The van der Waals surface area contributed by atoms with Crippen LogP contribution in [0.3, 0.4) is 0 Å². The number of hydrogen-bond acceptors (Lipinski definition) is 8. The number of anilines is 1. The van der Waals surface area contributed by atoms with E-state index in [1.807, 2.05) is 34.0 Å². The molecule has 1 saturated heterocycles. The molecule has 37 heavy (non-hydrogen) atoms. The highest BCUT2D eigenvalue weighted by Gasteiger charge is 2.24. The van der Waals surface area contributed by atoms with Crippen LogP contribution in [0.5, 0.6) is 0 Å². The molecule has 1 aromatic heterocycles. The minimum Gasteiger partial charge on any atom is -1.00 e. The van der Waals surface area contributed by atoms with Gasteiger partial charge in [-0.2, -0.15) is 4.57 Å². The van der Waals surface area contributed by atoms with E-state index < -0.39 is 10.9 Å². The van der Waals surface area contributed by atoms with E-state index in [0.717, 1.165) is 15.0 Å². The Kier molecular flexibility index (Phi) is 10.2. The average molecular weight is 611 g/mol. The monoisotopic (exact) mass is 609 g/mol. The zero-order valence-corrected chi connectivity index (χ0v) is 23.2. The lowest BCUT2D eigenvalue weighted by Gasteiger charge is -2.28. The largest absolute Gasteiger partial charge is 1.00 e. The highest BCUT2D eigenvalue weighted by Crippen LogP contribution is 2.30. The second kappa shape index (κ2) is 13.1. The fourth-order valence-corrected chi connectivity index (χ4v) is 5.16. The number of carbonyl (C=O) groups excluding carboxylic acids is 2. The normalized spacial score (nSPS) is 13.1. The van der Waals surface area contributed by atoms with E-state index in [4.69, 9.17) is 9.47 Å². The fourth-order valence-electron chi connectivity index (χ4n) is 3.92. The second-order valence-corrected chi connectivity index (χ2v) is 10.1. The van der Waals surface area contributed by atoms with E-state index in [9.17, 15) is 19.7 Å². The van der Waals surface area contributed by atoms with Gasteiger partial charge in [-0.15, -0.1) is 0 Å². The average Bonchev–Trinajstić information content (AvgIpc) is 3.23. The van der Waals surface area contributed by atoms with Crippen molar-refractivity contribution in [1.82, 2.24) is 0 Å². The minimum absolute atomic E-state index is 0. The van der Waals surface area contributed by atoms with Crippen LogP contribution in [0, 0.1) is 17.0 Å². The van der Waals surface area contributed by atoms with Gasteiger partial charge in [-0.05, 0) is 24.3 Å². The van der Waals surface area contributed by atoms with Crippen molar-refractivity contribution in [3.8, 4) is 0 Å². The van der Waals surface area contributed by atoms with Gasteiger partial charge in [0, 0.05) is 42.5 Å². The van der Waals surface area contributed by atoms with Gasteiger partial charge in [-0.1, -0.05) is 39.4 Å². The third kappa shape index (κ3) is 7.13. The van der Waals surface area contributed by atoms with Crippen molar-refractivity contribution in [3.05, 3.63) is 84.3 Å². The Hall–Kier alpha value is -2.86. The summed E-state index contributed by atoms with van der Waals surface area (Å²) >= 11 is 4.86. The number of nitro groups is 1. The van der Waals surface area contributed by atoms with Crippen LogP contribution in [0.4, 0.5) is 11.4 Å². The number of ketones is 1. The van der Waals surface area contributed by atoms with Gasteiger partial charge in [0.1, 0.15) is 5.69 Å². The molecule has 0 bridgehead atoms. The first-order valence-corrected chi connectivity index (χ1v) is 13.0. The molecule has 0 atom stereocenters. The summed E-state index contributed by atoms with van der Waals surface area (Å²) in [5.74, 6) is -0.604. The molecular formula is C25H25BrClN3O6S. The number of benzene rings is 2. The lowest BCUT2D eigenvalue weighted by molar-refractivity contribution is -0.684. The smallest absolute Gasteiger partial charge is 0.338 e. The second-order valence-electron chi connectivity index (χ2n) is 8.24. The molecule has 0 unspecified atom stereocenters. The molecule has 0 radical (unpaired) electrons. The molecule has 0 spiro atoms. The Bertz CT molecular complexity index is 1280. The number of morpholine rings is 1. The van der Waals surface area contributed by atoms with Gasteiger partial charge in [0.15, 0.2) is 5.69 Å². The molecule has 2 aromatic carbocycles. The van der Waals surface area contributed by atoms with E-state index in [2.05, 4.69) is 15.9 Å². The maximum atomic E-state index is 12.6. The van der Waals surface area contributed by atoms with Crippen molar-refractivity contribution in [2.75, 3.05) is 37.8 Å². The SMILES string of the molecule is Cc1c(CCOC(=O)c2ccc(N3CCOCC3)c([N+](=O)[O-])c2)sc[n+]1CC(=O)c1ccc(Br)cc1.[Cl-]. The van der Waals surface area contributed by atoms with Crippen LogP contribution in [0.1, 0.15) is 31.3 Å². The van der Waals surface area contributed by atoms with Crippen LogP contribution in [-0.2, 0) is 22.4 Å². The molecule has 0 aliphatic carbocycles. The molecule has 196 valence electrons. The lowest BCUT2D eigenvalue weighted by Crippen LogP contribution is -3.00. The minimum atomic E-state index is -0.612. The molecule has 1 aliphatic heterocycles. The van der Waals surface area contributed by atoms with E-state index in [1.54, 1.807) is 24.3 Å². The molecule has 1 fully saturated rings. The fraction of sp³-hybridized carbons (Fsp3) is 0.320. The molecule has 0 amide bonds. The van der Waals surface area contributed by atoms with Crippen molar-refractivity contribution in [2.24, 2.45) is 0 Å². The standard InChI is InChI=1S/C25H25BrN3O6S.ClH/c1-17-24(36-16-28(17)15-23(30)18-2-5-20(26)6-3-18)8-11-35-25(31)19-4-7-21(22(14-19)29(32)33)27-9-12-34-13-10-27;/h2-7,14,16H,8-13,15H2,1H3;1H/q+1;/p-1. The maximum Gasteiger partial charge on any atom is 0.338 e. The van der Waals surface area contributed by atoms with Crippen molar-refractivity contribution in [2.45, 2.75) is 19.9 Å². The number of esters is 1. The quantitative estimate of drug-likeness (QED) is 0.118. The Balaban J connectivity index is 0.00000380. The number of hydrogen-bond donors (Lipinski definition) is 0. The number of Topliss-reactive ketones (excluding diaryl/α,β-unsaturated/α-hetero) is 1. The number of aromatic nitrogens is 1. The van der Waals surface area contributed by atoms with Crippen molar-refractivity contribution < 1.29 is 41.0 Å². The van der Waals surface area contributed by atoms with Gasteiger partial charge >= 0.3 is 5.97 Å². The Morgan fingerprint density at radius 2 is 1.84 bits per heavy atom. The summed E-state index contributed by atoms with van der Waals surface area (Å²) in [5, 5.41) is 11.6. The third-order valence-corrected chi connectivity index (χ3v) is 7.63. The molecule has 0 N–H and O–H groups in total. The van der Waals surface area contributed by atoms with Crippen molar-refractivity contribution in [1.29, 1.82) is 0 Å². The third-order valence-electron chi connectivity index (χ3n) is 5.96. The van der Waals surface area contributed by atoms with Crippen LogP contribution >= 0.6 is 27.3 Å². The van der Waals surface area contributed by atoms with Crippen LogP contribution in [0.25, 0.3) is 0 Å². The number of halogens is 2. The Morgan fingerprint density at radius 3 is 2.51 bits per heavy atom. The lowest BCUT2D eigenvalue weighted by atomic mass is 10.1. The zero-order chi connectivity index (χ0) is 25.7. The van der Waals surface area contributed by atoms with Crippen molar-refractivity contribution in [3.63, 3.8) is 0 Å². The van der Waals surface area contributed by atoms with Crippen LogP contribution in [-0.4, -0.2) is 49.6 Å². The number of nitro benzene ring substituents is 1. The van der Waals surface area contributed by atoms with E-state index >= 15 is 0 Å². The number of nitrogens with zero attached hydrogens (tertiary/aromatic N) is 3. The summed E-state index contributed by atoms with van der Waals surface area (Å²) in [5.41, 5.74) is 3.94. The van der Waals surface area contributed by atoms with Gasteiger partial charge in [-0.3, -0.25) is 14.9 Å². The number of rotatable bonds is 9.